The number of oxime groups is 1. The molecule has 0 aromatic carbocycles. The summed E-state index contributed by atoms with van der Waals surface area (Å²) in [6, 6.07) is 1.72. The molecule has 1 aromatic rings. The normalized spacial score (nSPS) is 18.1. The van der Waals surface area contributed by atoms with Crippen molar-refractivity contribution in [2.45, 2.75) is 26.3 Å². The first-order valence-corrected chi connectivity index (χ1v) is 5.00. The standard InChI is InChI=1S/C11H14N2O3/c1-11(2,3)13-9(12-15-4)7-5-6-16-8(7)10(13)14/h5-6H,1-4H3/b12-9+. The van der Waals surface area contributed by atoms with Crippen LogP contribution in [0, 0.1) is 0 Å². The zero-order chi connectivity index (χ0) is 11.9. The Hall–Kier alpha value is -1.78. The number of hydrogen-bond acceptors (Lipinski definition) is 4. The number of amides is 1. The highest BCUT2D eigenvalue weighted by atomic mass is 16.6. The molecular formula is C11H14N2O3. The van der Waals surface area contributed by atoms with Gasteiger partial charge in [0.15, 0.2) is 5.84 Å². The summed E-state index contributed by atoms with van der Waals surface area (Å²) in [5.41, 5.74) is 0.317. The smallest absolute Gasteiger partial charge is 0.296 e. The molecule has 1 aromatic heterocycles. The summed E-state index contributed by atoms with van der Waals surface area (Å²) in [4.78, 5) is 18.4. The van der Waals surface area contributed by atoms with Gasteiger partial charge in [-0.2, -0.15) is 0 Å². The molecule has 0 bridgehead atoms. The number of furan rings is 1. The molecule has 0 fully saturated rings. The number of carbonyl (C=O) groups excluding carboxylic acids is 1. The first kappa shape index (κ1) is 10.7. The molecule has 2 heterocycles. The lowest BCUT2D eigenvalue weighted by molar-refractivity contribution is 0.0727. The molecule has 1 aliphatic rings. The fourth-order valence-corrected chi connectivity index (χ4v) is 1.77. The van der Waals surface area contributed by atoms with Gasteiger partial charge >= 0.3 is 0 Å². The van der Waals surface area contributed by atoms with E-state index >= 15 is 0 Å². The van der Waals surface area contributed by atoms with Crippen LogP contribution in [-0.4, -0.2) is 29.3 Å². The highest BCUT2D eigenvalue weighted by molar-refractivity contribution is 6.22. The van der Waals surface area contributed by atoms with Crippen LogP contribution >= 0.6 is 0 Å². The second kappa shape index (κ2) is 3.37. The van der Waals surface area contributed by atoms with Crippen LogP contribution in [0.5, 0.6) is 0 Å². The van der Waals surface area contributed by atoms with Crippen LogP contribution in [-0.2, 0) is 4.84 Å². The zero-order valence-corrected chi connectivity index (χ0v) is 9.77. The van der Waals surface area contributed by atoms with Gasteiger partial charge in [-0.1, -0.05) is 5.16 Å². The molecule has 0 spiro atoms. The third kappa shape index (κ3) is 1.39. The van der Waals surface area contributed by atoms with Gasteiger partial charge in [-0.05, 0) is 26.8 Å². The minimum atomic E-state index is -0.365. The van der Waals surface area contributed by atoms with E-state index in [1.54, 1.807) is 11.0 Å². The van der Waals surface area contributed by atoms with Gasteiger partial charge in [0.05, 0.1) is 11.8 Å². The van der Waals surface area contributed by atoms with Gasteiger partial charge in [-0.25, -0.2) is 0 Å². The van der Waals surface area contributed by atoms with Gasteiger partial charge in [0.25, 0.3) is 5.91 Å². The van der Waals surface area contributed by atoms with Gasteiger partial charge in [0.1, 0.15) is 7.11 Å². The summed E-state index contributed by atoms with van der Waals surface area (Å²) < 4.78 is 5.16. The molecule has 1 amide bonds. The highest BCUT2D eigenvalue weighted by Gasteiger charge is 2.43. The van der Waals surface area contributed by atoms with E-state index in [1.165, 1.54) is 13.4 Å². The Morgan fingerprint density at radius 1 is 1.44 bits per heavy atom. The molecule has 86 valence electrons. The Labute approximate surface area is 93.7 Å². The van der Waals surface area contributed by atoms with Gasteiger partial charge in [0, 0.05) is 5.54 Å². The predicted molar refractivity (Wildman–Crippen MR) is 58.2 cm³/mol. The first-order chi connectivity index (χ1) is 7.46. The topological polar surface area (TPSA) is 55.0 Å². The Morgan fingerprint density at radius 3 is 2.69 bits per heavy atom. The number of amidine groups is 1. The van der Waals surface area contributed by atoms with Crippen molar-refractivity contribution in [3.05, 3.63) is 23.7 Å². The van der Waals surface area contributed by atoms with Crippen LogP contribution in [0.3, 0.4) is 0 Å². The van der Waals surface area contributed by atoms with E-state index in [1.807, 2.05) is 20.8 Å². The minimum Gasteiger partial charge on any atom is -0.458 e. The van der Waals surface area contributed by atoms with E-state index in [-0.39, 0.29) is 11.4 Å². The zero-order valence-electron chi connectivity index (χ0n) is 9.77. The molecule has 0 N–H and O–H groups in total. The molecule has 0 saturated carbocycles. The van der Waals surface area contributed by atoms with E-state index in [0.29, 0.717) is 17.2 Å². The third-order valence-electron chi connectivity index (χ3n) is 2.36. The monoisotopic (exact) mass is 222 g/mol. The molecule has 5 nitrogen and oxygen atoms in total. The van der Waals surface area contributed by atoms with Crippen molar-refractivity contribution >= 4 is 11.7 Å². The van der Waals surface area contributed by atoms with Gasteiger partial charge in [-0.15, -0.1) is 0 Å². The van der Waals surface area contributed by atoms with Crippen molar-refractivity contribution in [3.8, 4) is 0 Å². The van der Waals surface area contributed by atoms with E-state index < -0.39 is 0 Å². The Kier molecular flexibility index (Phi) is 2.26. The number of fused-ring (bicyclic) bond motifs is 1. The van der Waals surface area contributed by atoms with Crippen molar-refractivity contribution in [2.75, 3.05) is 7.11 Å². The van der Waals surface area contributed by atoms with Crippen LogP contribution in [0.4, 0.5) is 0 Å². The number of nitrogens with zero attached hydrogens (tertiary/aromatic N) is 2. The lowest BCUT2D eigenvalue weighted by Gasteiger charge is -2.31. The number of carbonyl (C=O) groups is 1. The molecule has 0 aliphatic carbocycles. The van der Waals surface area contributed by atoms with Gasteiger partial charge < -0.3 is 9.25 Å². The second-order valence-corrected chi connectivity index (χ2v) is 4.57. The summed E-state index contributed by atoms with van der Waals surface area (Å²) in [7, 11) is 1.45. The van der Waals surface area contributed by atoms with Gasteiger partial charge in [-0.3, -0.25) is 9.69 Å². The maximum absolute atomic E-state index is 12.1. The average molecular weight is 222 g/mol. The lowest BCUT2D eigenvalue weighted by Crippen LogP contribution is -2.45. The lowest BCUT2D eigenvalue weighted by atomic mass is 10.1. The minimum absolute atomic E-state index is 0.177. The molecule has 0 radical (unpaired) electrons. The Bertz CT molecular complexity index is 454. The highest BCUT2D eigenvalue weighted by Crippen LogP contribution is 2.30. The maximum atomic E-state index is 12.1. The van der Waals surface area contributed by atoms with Crippen molar-refractivity contribution < 1.29 is 14.0 Å². The third-order valence-corrected chi connectivity index (χ3v) is 2.36. The van der Waals surface area contributed by atoms with Crippen LogP contribution in [0.25, 0.3) is 0 Å². The summed E-state index contributed by atoms with van der Waals surface area (Å²) >= 11 is 0. The summed E-state index contributed by atoms with van der Waals surface area (Å²) in [5.74, 6) is 0.651. The van der Waals surface area contributed by atoms with Crippen molar-refractivity contribution in [1.82, 2.24) is 4.90 Å². The van der Waals surface area contributed by atoms with Crippen LogP contribution < -0.4 is 0 Å². The molecule has 0 saturated heterocycles. The van der Waals surface area contributed by atoms with Crippen molar-refractivity contribution in [3.63, 3.8) is 0 Å². The van der Waals surface area contributed by atoms with E-state index in [0.717, 1.165) is 0 Å². The van der Waals surface area contributed by atoms with Crippen LogP contribution in [0.1, 0.15) is 36.9 Å². The quantitative estimate of drug-likeness (QED) is 0.681. The molecule has 5 heteroatoms. The predicted octanol–water partition coefficient (Wildman–Crippen LogP) is 1.84. The largest absolute Gasteiger partial charge is 0.458 e. The molecule has 2 rings (SSSR count). The average Bonchev–Trinajstić information content (AvgIpc) is 2.69. The SMILES string of the molecule is CO/N=C1\c2ccoc2C(=O)N1C(C)(C)C. The molecular weight excluding hydrogens is 208 g/mol. The second-order valence-electron chi connectivity index (χ2n) is 4.57. The van der Waals surface area contributed by atoms with E-state index in [4.69, 9.17) is 9.25 Å². The maximum Gasteiger partial charge on any atom is 0.296 e. The Balaban J connectivity index is 2.55. The Morgan fingerprint density at radius 2 is 2.12 bits per heavy atom. The fraction of sp³-hybridized carbons (Fsp3) is 0.455. The van der Waals surface area contributed by atoms with E-state index in [9.17, 15) is 4.79 Å². The molecule has 16 heavy (non-hydrogen) atoms. The summed E-state index contributed by atoms with van der Waals surface area (Å²) in [6.07, 6.45) is 1.48. The summed E-state index contributed by atoms with van der Waals surface area (Å²) in [5, 5.41) is 3.90. The fourth-order valence-electron chi connectivity index (χ4n) is 1.77. The molecule has 1 aliphatic heterocycles. The van der Waals surface area contributed by atoms with Crippen LogP contribution in [0.15, 0.2) is 21.9 Å². The van der Waals surface area contributed by atoms with Crippen molar-refractivity contribution in [1.29, 1.82) is 0 Å². The van der Waals surface area contributed by atoms with E-state index in [2.05, 4.69) is 5.16 Å². The van der Waals surface area contributed by atoms with Crippen LogP contribution in [0.2, 0.25) is 0 Å². The van der Waals surface area contributed by atoms with Gasteiger partial charge in [0.2, 0.25) is 5.76 Å². The molecule has 0 atom stereocenters. The number of hydrogen-bond donors (Lipinski definition) is 0. The first-order valence-electron chi connectivity index (χ1n) is 5.00. The number of rotatable bonds is 1. The van der Waals surface area contributed by atoms with Crippen molar-refractivity contribution in [2.24, 2.45) is 5.16 Å². The summed E-state index contributed by atoms with van der Waals surface area (Å²) in [6.45, 7) is 5.80. The molecule has 0 unspecified atom stereocenters.